The van der Waals surface area contributed by atoms with Crippen molar-refractivity contribution in [3.63, 3.8) is 0 Å². The van der Waals surface area contributed by atoms with Crippen LogP contribution in [-0.2, 0) is 13.5 Å². The van der Waals surface area contributed by atoms with Crippen molar-refractivity contribution in [1.82, 2.24) is 15.1 Å². The second-order valence-electron chi connectivity index (χ2n) is 3.56. The number of furan rings is 1. The Hall–Kier alpha value is -1.75. The molecule has 0 aliphatic carbocycles. The quantitative estimate of drug-likeness (QED) is 0.901. The molecule has 2 rings (SSSR count). The van der Waals surface area contributed by atoms with Crippen molar-refractivity contribution in [1.29, 1.82) is 0 Å². The van der Waals surface area contributed by atoms with Crippen LogP contribution in [0.4, 0.5) is 0 Å². The van der Waals surface area contributed by atoms with Crippen LogP contribution in [0.3, 0.4) is 0 Å². The van der Waals surface area contributed by atoms with Gasteiger partial charge in [0, 0.05) is 31.9 Å². The zero-order chi connectivity index (χ0) is 12.3. The van der Waals surface area contributed by atoms with Crippen molar-refractivity contribution in [3.8, 4) is 0 Å². The molecule has 5 nitrogen and oxygen atoms in total. The molecule has 2 heterocycles. The van der Waals surface area contributed by atoms with E-state index < -0.39 is 0 Å². The van der Waals surface area contributed by atoms with E-state index in [1.807, 2.05) is 13.1 Å². The molecule has 0 aliphatic rings. The first-order valence-electron chi connectivity index (χ1n) is 5.17. The number of hydrogen-bond donors (Lipinski definition) is 1. The van der Waals surface area contributed by atoms with Crippen LogP contribution in [0.5, 0.6) is 0 Å². The average Bonchev–Trinajstić information content (AvgIpc) is 2.88. The van der Waals surface area contributed by atoms with Crippen molar-refractivity contribution >= 4 is 17.5 Å². The van der Waals surface area contributed by atoms with E-state index in [4.69, 9.17) is 16.0 Å². The Morgan fingerprint density at radius 3 is 2.94 bits per heavy atom. The molecule has 2 aromatic rings. The molecule has 0 bridgehead atoms. The van der Waals surface area contributed by atoms with Crippen molar-refractivity contribution < 1.29 is 9.21 Å². The molecule has 0 saturated carbocycles. The second-order valence-corrected chi connectivity index (χ2v) is 3.93. The van der Waals surface area contributed by atoms with Crippen LogP contribution in [0.25, 0.3) is 0 Å². The minimum absolute atomic E-state index is 0.210. The lowest BCUT2D eigenvalue weighted by molar-refractivity contribution is 0.0926. The van der Waals surface area contributed by atoms with E-state index >= 15 is 0 Å². The largest absolute Gasteiger partial charge is 0.440 e. The van der Waals surface area contributed by atoms with Gasteiger partial charge in [-0.1, -0.05) is 0 Å². The van der Waals surface area contributed by atoms with Crippen LogP contribution in [0.15, 0.2) is 28.8 Å². The number of carbonyl (C=O) groups is 1. The van der Waals surface area contributed by atoms with E-state index in [-0.39, 0.29) is 16.9 Å². The number of rotatable bonds is 4. The highest BCUT2D eigenvalue weighted by atomic mass is 35.5. The summed E-state index contributed by atoms with van der Waals surface area (Å²) in [4.78, 5) is 11.6. The number of nitrogens with one attached hydrogen (secondary N) is 1. The number of amides is 1. The molecule has 0 saturated heterocycles. The van der Waals surface area contributed by atoms with Gasteiger partial charge in [0.15, 0.2) is 11.0 Å². The Balaban J connectivity index is 1.83. The van der Waals surface area contributed by atoms with Crippen LogP contribution in [-0.4, -0.2) is 22.2 Å². The SMILES string of the molecule is Cn1nccc1CCNC(=O)c1ccc(Cl)o1. The molecule has 0 atom stereocenters. The van der Waals surface area contributed by atoms with Crippen LogP contribution in [0.2, 0.25) is 5.22 Å². The highest BCUT2D eigenvalue weighted by molar-refractivity contribution is 6.29. The summed E-state index contributed by atoms with van der Waals surface area (Å²) in [5, 5.41) is 7.00. The predicted octanol–water partition coefficient (Wildman–Crippen LogP) is 1.64. The van der Waals surface area contributed by atoms with Gasteiger partial charge in [0.1, 0.15) is 0 Å². The van der Waals surface area contributed by atoms with Crippen molar-refractivity contribution in [2.75, 3.05) is 6.54 Å². The highest BCUT2D eigenvalue weighted by Gasteiger charge is 2.09. The third kappa shape index (κ3) is 2.88. The Labute approximate surface area is 103 Å². The number of halogens is 1. The monoisotopic (exact) mass is 253 g/mol. The fourth-order valence-corrected chi connectivity index (χ4v) is 1.62. The Bertz CT molecular complexity index is 518. The molecule has 1 amide bonds. The second kappa shape index (κ2) is 5.05. The molecular formula is C11H12ClN3O2. The van der Waals surface area contributed by atoms with Crippen molar-refractivity contribution in [2.24, 2.45) is 7.05 Å². The fraction of sp³-hybridized carbons (Fsp3) is 0.273. The molecule has 1 N–H and O–H groups in total. The molecule has 6 heteroatoms. The van der Waals surface area contributed by atoms with Gasteiger partial charge in [-0.2, -0.15) is 5.10 Å². The summed E-state index contributed by atoms with van der Waals surface area (Å²) in [5.74, 6) is -0.0425. The maximum atomic E-state index is 11.6. The lowest BCUT2D eigenvalue weighted by Gasteiger charge is -2.03. The molecule has 0 aromatic carbocycles. The van der Waals surface area contributed by atoms with Crippen molar-refractivity contribution in [2.45, 2.75) is 6.42 Å². The van der Waals surface area contributed by atoms with Crippen molar-refractivity contribution in [3.05, 3.63) is 41.1 Å². The third-order valence-electron chi connectivity index (χ3n) is 2.39. The predicted molar refractivity (Wildman–Crippen MR) is 63.0 cm³/mol. The summed E-state index contributed by atoms with van der Waals surface area (Å²) in [5.41, 5.74) is 1.06. The summed E-state index contributed by atoms with van der Waals surface area (Å²) in [7, 11) is 1.86. The van der Waals surface area contributed by atoms with Crippen LogP contribution < -0.4 is 5.32 Å². The molecule has 17 heavy (non-hydrogen) atoms. The third-order valence-corrected chi connectivity index (χ3v) is 2.59. The summed E-state index contributed by atoms with van der Waals surface area (Å²) in [6.45, 7) is 0.524. The first-order chi connectivity index (χ1) is 8.16. The molecule has 90 valence electrons. The molecule has 0 aliphatic heterocycles. The number of hydrogen-bond acceptors (Lipinski definition) is 3. The van der Waals surface area contributed by atoms with E-state index in [0.717, 1.165) is 12.1 Å². The van der Waals surface area contributed by atoms with Crippen LogP contribution in [0.1, 0.15) is 16.2 Å². The number of carbonyl (C=O) groups excluding carboxylic acids is 1. The summed E-state index contributed by atoms with van der Waals surface area (Å²) in [6, 6.07) is 5.00. The Morgan fingerprint density at radius 1 is 1.53 bits per heavy atom. The molecule has 0 fully saturated rings. The summed E-state index contributed by atoms with van der Waals surface area (Å²) >= 11 is 5.58. The van der Waals surface area contributed by atoms with Gasteiger partial charge in [0.25, 0.3) is 5.91 Å². The standard InChI is InChI=1S/C11H12ClN3O2/c1-15-8(5-7-14-15)4-6-13-11(16)9-2-3-10(12)17-9/h2-3,5,7H,4,6H2,1H3,(H,13,16). The smallest absolute Gasteiger partial charge is 0.287 e. The van der Waals surface area contributed by atoms with E-state index in [9.17, 15) is 4.79 Å². The first-order valence-corrected chi connectivity index (χ1v) is 5.55. The Kier molecular flexibility index (Phi) is 3.49. The van der Waals surface area contributed by atoms with Crippen LogP contribution in [0, 0.1) is 0 Å². The van der Waals surface area contributed by atoms with E-state index in [1.54, 1.807) is 16.9 Å². The molecule has 0 radical (unpaired) electrons. The molecule has 0 spiro atoms. The van der Waals surface area contributed by atoms with Gasteiger partial charge in [-0.3, -0.25) is 9.48 Å². The van der Waals surface area contributed by atoms with E-state index in [0.29, 0.717) is 6.54 Å². The molecule has 0 unspecified atom stereocenters. The zero-order valence-corrected chi connectivity index (χ0v) is 10.1. The highest BCUT2D eigenvalue weighted by Crippen LogP contribution is 2.12. The normalized spacial score (nSPS) is 10.5. The molecular weight excluding hydrogens is 242 g/mol. The van der Waals surface area contributed by atoms with E-state index in [2.05, 4.69) is 10.4 Å². The van der Waals surface area contributed by atoms with Gasteiger partial charge in [-0.15, -0.1) is 0 Å². The summed E-state index contributed by atoms with van der Waals surface area (Å²) in [6.07, 6.45) is 2.44. The maximum Gasteiger partial charge on any atom is 0.287 e. The van der Waals surface area contributed by atoms with Gasteiger partial charge >= 0.3 is 0 Å². The van der Waals surface area contributed by atoms with Gasteiger partial charge in [-0.05, 0) is 29.8 Å². The minimum atomic E-state index is -0.265. The van der Waals surface area contributed by atoms with Gasteiger partial charge in [0.05, 0.1) is 0 Å². The fourth-order valence-electron chi connectivity index (χ4n) is 1.47. The van der Waals surface area contributed by atoms with Gasteiger partial charge in [-0.25, -0.2) is 0 Å². The first kappa shape index (κ1) is 11.7. The topological polar surface area (TPSA) is 60.1 Å². The summed E-state index contributed by atoms with van der Waals surface area (Å²) < 4.78 is 6.77. The Morgan fingerprint density at radius 2 is 2.35 bits per heavy atom. The molecule has 2 aromatic heterocycles. The average molecular weight is 254 g/mol. The number of aromatic nitrogens is 2. The zero-order valence-electron chi connectivity index (χ0n) is 9.31. The lowest BCUT2D eigenvalue weighted by Crippen LogP contribution is -2.25. The number of nitrogens with zero attached hydrogens (tertiary/aromatic N) is 2. The maximum absolute atomic E-state index is 11.6. The van der Waals surface area contributed by atoms with Crippen LogP contribution >= 0.6 is 11.6 Å². The minimum Gasteiger partial charge on any atom is -0.440 e. The van der Waals surface area contributed by atoms with Gasteiger partial charge < -0.3 is 9.73 Å². The lowest BCUT2D eigenvalue weighted by atomic mass is 10.3. The van der Waals surface area contributed by atoms with E-state index in [1.165, 1.54) is 6.07 Å². The number of aryl methyl sites for hydroxylation is 1. The van der Waals surface area contributed by atoms with Gasteiger partial charge in [0.2, 0.25) is 0 Å².